The van der Waals surface area contributed by atoms with Crippen molar-refractivity contribution in [3.8, 4) is 0 Å². The van der Waals surface area contributed by atoms with Crippen LogP contribution in [0, 0.1) is 0 Å². The molecule has 3 amide bonds. The fourth-order valence-corrected chi connectivity index (χ4v) is 1.21. The first kappa shape index (κ1) is 16.7. The highest BCUT2D eigenvalue weighted by Gasteiger charge is 2.13. The lowest BCUT2D eigenvalue weighted by Gasteiger charge is -2.20. The summed E-state index contributed by atoms with van der Waals surface area (Å²) < 4.78 is 5.13. The van der Waals surface area contributed by atoms with Crippen LogP contribution in [-0.2, 0) is 9.53 Å². The van der Waals surface area contributed by atoms with Crippen molar-refractivity contribution in [3.63, 3.8) is 0 Å². The van der Waals surface area contributed by atoms with Gasteiger partial charge in [-0.25, -0.2) is 4.79 Å². The fraction of sp³-hybridized carbons (Fsp3) is 0.833. The van der Waals surface area contributed by atoms with Crippen molar-refractivity contribution in [2.75, 3.05) is 26.3 Å². The Labute approximate surface area is 109 Å². The molecule has 0 aromatic heterocycles. The molecular weight excluding hydrogens is 234 g/mol. The summed E-state index contributed by atoms with van der Waals surface area (Å²) in [6.07, 6.45) is 0.759. The molecule has 0 aliphatic heterocycles. The number of hydrogen-bond donors (Lipinski definition) is 3. The Kier molecular flexibility index (Phi) is 8.11. The molecule has 0 rings (SSSR count). The average molecular weight is 259 g/mol. The molecule has 0 aromatic rings. The number of amides is 3. The lowest BCUT2D eigenvalue weighted by Crippen LogP contribution is -2.47. The van der Waals surface area contributed by atoms with Crippen molar-refractivity contribution >= 4 is 11.9 Å². The van der Waals surface area contributed by atoms with Gasteiger partial charge in [-0.1, -0.05) is 0 Å². The highest BCUT2D eigenvalue weighted by Crippen LogP contribution is 1.96. The Balaban J connectivity index is 3.55. The SMILES string of the molecule is CCOCCCNC(=O)NCC(=O)NC(C)(C)C. The molecule has 106 valence electrons. The first-order chi connectivity index (χ1) is 8.35. The first-order valence-corrected chi connectivity index (χ1v) is 6.25. The molecule has 0 spiro atoms. The van der Waals surface area contributed by atoms with Gasteiger partial charge in [0.25, 0.3) is 0 Å². The van der Waals surface area contributed by atoms with E-state index >= 15 is 0 Å². The van der Waals surface area contributed by atoms with E-state index in [9.17, 15) is 9.59 Å². The number of urea groups is 1. The summed E-state index contributed by atoms with van der Waals surface area (Å²) in [6.45, 7) is 9.41. The van der Waals surface area contributed by atoms with Gasteiger partial charge in [0.2, 0.25) is 5.91 Å². The van der Waals surface area contributed by atoms with Crippen molar-refractivity contribution in [3.05, 3.63) is 0 Å². The summed E-state index contributed by atoms with van der Waals surface area (Å²) in [4.78, 5) is 22.7. The Hall–Kier alpha value is -1.30. The molecule has 0 aliphatic rings. The minimum atomic E-state index is -0.337. The number of nitrogens with one attached hydrogen (secondary N) is 3. The van der Waals surface area contributed by atoms with Crippen LogP contribution >= 0.6 is 0 Å². The minimum Gasteiger partial charge on any atom is -0.382 e. The predicted molar refractivity (Wildman–Crippen MR) is 70.4 cm³/mol. The standard InChI is InChI=1S/C12H25N3O3/c1-5-18-8-6-7-13-11(17)14-9-10(16)15-12(2,3)4/h5-9H2,1-4H3,(H,15,16)(H2,13,14,17). The van der Waals surface area contributed by atoms with Crippen molar-refractivity contribution < 1.29 is 14.3 Å². The molecule has 0 radical (unpaired) electrons. The molecule has 0 unspecified atom stereocenters. The summed E-state index contributed by atoms with van der Waals surface area (Å²) >= 11 is 0. The van der Waals surface area contributed by atoms with Crippen LogP contribution in [0.3, 0.4) is 0 Å². The van der Waals surface area contributed by atoms with Gasteiger partial charge in [-0.15, -0.1) is 0 Å². The second-order valence-electron chi connectivity index (χ2n) is 4.96. The number of rotatable bonds is 7. The van der Waals surface area contributed by atoms with Gasteiger partial charge in [0.05, 0.1) is 6.54 Å². The van der Waals surface area contributed by atoms with Crippen LogP contribution in [0.4, 0.5) is 4.79 Å². The maximum absolute atomic E-state index is 11.4. The third kappa shape index (κ3) is 11.2. The van der Waals surface area contributed by atoms with Gasteiger partial charge < -0.3 is 20.7 Å². The van der Waals surface area contributed by atoms with E-state index in [-0.39, 0.29) is 24.0 Å². The number of carbonyl (C=O) groups is 2. The van der Waals surface area contributed by atoms with Gasteiger partial charge in [-0.2, -0.15) is 0 Å². The topological polar surface area (TPSA) is 79.5 Å². The van der Waals surface area contributed by atoms with Crippen LogP contribution in [0.2, 0.25) is 0 Å². The molecule has 0 aliphatic carbocycles. The van der Waals surface area contributed by atoms with Gasteiger partial charge in [0, 0.05) is 25.3 Å². The molecule has 0 fully saturated rings. The van der Waals surface area contributed by atoms with Gasteiger partial charge in [0.1, 0.15) is 0 Å². The Morgan fingerprint density at radius 2 is 1.83 bits per heavy atom. The predicted octanol–water partition coefficient (Wildman–Crippen LogP) is 0.627. The Bertz CT molecular complexity index is 262. The van der Waals surface area contributed by atoms with E-state index in [1.165, 1.54) is 0 Å². The fourth-order valence-electron chi connectivity index (χ4n) is 1.21. The van der Waals surface area contributed by atoms with Gasteiger partial charge in [-0.3, -0.25) is 4.79 Å². The van der Waals surface area contributed by atoms with Crippen LogP contribution < -0.4 is 16.0 Å². The summed E-state index contributed by atoms with van der Waals surface area (Å²) in [5, 5.41) is 7.90. The average Bonchev–Trinajstić information content (AvgIpc) is 2.24. The lowest BCUT2D eigenvalue weighted by atomic mass is 10.1. The molecule has 18 heavy (non-hydrogen) atoms. The highest BCUT2D eigenvalue weighted by molar-refractivity contribution is 5.84. The summed E-state index contributed by atoms with van der Waals surface area (Å²) in [6, 6.07) is -0.337. The molecule has 6 nitrogen and oxygen atoms in total. The molecule has 0 bridgehead atoms. The van der Waals surface area contributed by atoms with Crippen LogP contribution in [0.25, 0.3) is 0 Å². The van der Waals surface area contributed by atoms with Gasteiger partial charge in [0.15, 0.2) is 0 Å². The molecule has 6 heteroatoms. The number of hydrogen-bond acceptors (Lipinski definition) is 3. The van der Waals surface area contributed by atoms with Crippen LogP contribution in [0.5, 0.6) is 0 Å². The molecule has 0 aromatic carbocycles. The third-order valence-electron chi connectivity index (χ3n) is 1.88. The maximum atomic E-state index is 11.4. The molecule has 0 saturated heterocycles. The first-order valence-electron chi connectivity index (χ1n) is 6.25. The Morgan fingerprint density at radius 1 is 1.17 bits per heavy atom. The smallest absolute Gasteiger partial charge is 0.315 e. The zero-order valence-electron chi connectivity index (χ0n) is 11.8. The van der Waals surface area contributed by atoms with Gasteiger partial charge >= 0.3 is 6.03 Å². The minimum absolute atomic E-state index is 0.0193. The molecular formula is C12H25N3O3. The summed E-state index contributed by atoms with van der Waals surface area (Å²) in [7, 11) is 0. The van der Waals surface area contributed by atoms with E-state index < -0.39 is 0 Å². The van der Waals surface area contributed by atoms with E-state index in [0.29, 0.717) is 19.8 Å². The second-order valence-corrected chi connectivity index (χ2v) is 4.96. The van der Waals surface area contributed by atoms with E-state index in [1.807, 2.05) is 27.7 Å². The molecule has 0 atom stereocenters. The van der Waals surface area contributed by atoms with Gasteiger partial charge in [-0.05, 0) is 34.1 Å². The van der Waals surface area contributed by atoms with Crippen LogP contribution in [0.15, 0.2) is 0 Å². The number of ether oxygens (including phenoxy) is 1. The molecule has 0 heterocycles. The largest absolute Gasteiger partial charge is 0.382 e. The van der Waals surface area contributed by atoms with E-state index in [4.69, 9.17) is 4.74 Å². The monoisotopic (exact) mass is 259 g/mol. The maximum Gasteiger partial charge on any atom is 0.315 e. The van der Waals surface area contributed by atoms with Crippen LogP contribution in [-0.4, -0.2) is 43.8 Å². The van der Waals surface area contributed by atoms with E-state index in [0.717, 1.165) is 6.42 Å². The zero-order chi connectivity index (χ0) is 14.0. The zero-order valence-corrected chi connectivity index (χ0v) is 11.8. The third-order valence-corrected chi connectivity index (χ3v) is 1.88. The Morgan fingerprint density at radius 3 is 2.39 bits per heavy atom. The molecule has 3 N–H and O–H groups in total. The van der Waals surface area contributed by atoms with Crippen molar-refractivity contribution in [2.24, 2.45) is 0 Å². The number of carbonyl (C=O) groups excluding carboxylic acids is 2. The summed E-state index contributed by atoms with van der Waals surface area (Å²) in [5.74, 6) is -0.202. The van der Waals surface area contributed by atoms with E-state index in [1.54, 1.807) is 0 Å². The van der Waals surface area contributed by atoms with Crippen molar-refractivity contribution in [2.45, 2.75) is 39.7 Å². The normalized spacial score (nSPS) is 10.9. The second kappa shape index (κ2) is 8.74. The molecule has 0 saturated carbocycles. The quantitative estimate of drug-likeness (QED) is 0.587. The lowest BCUT2D eigenvalue weighted by molar-refractivity contribution is -0.121. The summed E-state index contributed by atoms with van der Waals surface area (Å²) in [5.41, 5.74) is -0.285. The highest BCUT2D eigenvalue weighted by atomic mass is 16.5. The van der Waals surface area contributed by atoms with E-state index in [2.05, 4.69) is 16.0 Å². The van der Waals surface area contributed by atoms with Crippen LogP contribution in [0.1, 0.15) is 34.1 Å². The van der Waals surface area contributed by atoms with Crippen molar-refractivity contribution in [1.29, 1.82) is 0 Å². The van der Waals surface area contributed by atoms with Crippen molar-refractivity contribution in [1.82, 2.24) is 16.0 Å².